The molecule has 9 nitrogen and oxygen atoms in total. The van der Waals surface area contributed by atoms with Crippen LogP contribution >= 0.6 is 0 Å². The Kier molecular flexibility index (Phi) is 8.06. The lowest BCUT2D eigenvalue weighted by Gasteiger charge is -2.33. The molecule has 9 heteroatoms. The Labute approximate surface area is 203 Å². The number of amides is 3. The van der Waals surface area contributed by atoms with Crippen molar-refractivity contribution in [3.63, 3.8) is 0 Å². The first-order valence-corrected chi connectivity index (χ1v) is 12.5. The zero-order chi connectivity index (χ0) is 25.2. The van der Waals surface area contributed by atoms with Crippen molar-refractivity contribution in [3.05, 3.63) is 17.2 Å². The second-order valence-electron chi connectivity index (χ2n) is 11.1. The van der Waals surface area contributed by atoms with Crippen LogP contribution in [0.4, 0.5) is 0 Å². The minimum Gasteiger partial charge on any atom is -0.357 e. The SMILES string of the molecule is CNC(=O)[C@@H](NC(=O)c1nc(C2CCN(C(=O)C(C)C)CC2)n2c1CN(C)CCC2)C(C)(C)C. The number of likely N-dealkylation sites (tertiary alicyclic amines) is 1. The minimum absolute atomic E-state index is 0.00108. The highest BCUT2D eigenvalue weighted by Gasteiger charge is 2.36. The first-order chi connectivity index (χ1) is 15.9. The first-order valence-electron chi connectivity index (χ1n) is 12.5. The largest absolute Gasteiger partial charge is 0.357 e. The molecule has 1 atom stereocenters. The number of rotatable bonds is 5. The van der Waals surface area contributed by atoms with Crippen molar-refractivity contribution >= 4 is 17.7 Å². The maximum atomic E-state index is 13.5. The monoisotopic (exact) mass is 474 g/mol. The summed E-state index contributed by atoms with van der Waals surface area (Å²) in [5.41, 5.74) is 0.891. The van der Waals surface area contributed by atoms with Gasteiger partial charge in [-0.2, -0.15) is 0 Å². The fraction of sp³-hybridized carbons (Fsp3) is 0.760. The molecule has 3 rings (SSSR count). The number of nitrogens with one attached hydrogen (secondary N) is 2. The molecule has 2 aliphatic heterocycles. The van der Waals surface area contributed by atoms with Crippen LogP contribution < -0.4 is 10.6 Å². The van der Waals surface area contributed by atoms with Gasteiger partial charge < -0.3 is 25.0 Å². The lowest BCUT2D eigenvalue weighted by Crippen LogP contribution is -2.53. The highest BCUT2D eigenvalue weighted by atomic mass is 16.2. The molecule has 3 heterocycles. The van der Waals surface area contributed by atoms with E-state index in [0.29, 0.717) is 25.3 Å². The second-order valence-corrected chi connectivity index (χ2v) is 11.1. The molecule has 1 fully saturated rings. The van der Waals surface area contributed by atoms with E-state index in [4.69, 9.17) is 4.98 Å². The van der Waals surface area contributed by atoms with Gasteiger partial charge in [0.2, 0.25) is 11.8 Å². The number of nitrogens with zero attached hydrogens (tertiary/aromatic N) is 4. The smallest absolute Gasteiger partial charge is 0.272 e. The predicted octanol–water partition coefficient (Wildman–Crippen LogP) is 1.97. The van der Waals surface area contributed by atoms with Gasteiger partial charge in [0.1, 0.15) is 11.9 Å². The van der Waals surface area contributed by atoms with E-state index in [9.17, 15) is 14.4 Å². The third-order valence-electron chi connectivity index (χ3n) is 6.97. The molecule has 0 aliphatic carbocycles. The van der Waals surface area contributed by atoms with Crippen molar-refractivity contribution in [3.8, 4) is 0 Å². The van der Waals surface area contributed by atoms with Gasteiger partial charge in [0, 0.05) is 45.1 Å². The number of aromatic nitrogens is 2. The first kappa shape index (κ1) is 26.2. The molecule has 0 saturated carbocycles. The second kappa shape index (κ2) is 10.5. The molecule has 1 aromatic rings. The van der Waals surface area contributed by atoms with E-state index in [0.717, 1.165) is 43.9 Å². The van der Waals surface area contributed by atoms with Crippen LogP contribution in [0.15, 0.2) is 0 Å². The number of imidazole rings is 1. The van der Waals surface area contributed by atoms with Crippen molar-refractivity contribution < 1.29 is 14.4 Å². The molecule has 0 unspecified atom stereocenters. The molecule has 0 spiro atoms. The molecule has 1 aromatic heterocycles. The van der Waals surface area contributed by atoms with E-state index in [1.165, 1.54) is 0 Å². The number of fused-ring (bicyclic) bond motifs is 1. The Morgan fingerprint density at radius 1 is 1.06 bits per heavy atom. The molecule has 190 valence electrons. The molecule has 0 bridgehead atoms. The Morgan fingerprint density at radius 3 is 2.26 bits per heavy atom. The fourth-order valence-corrected chi connectivity index (χ4v) is 4.98. The van der Waals surface area contributed by atoms with Crippen molar-refractivity contribution in [2.45, 2.75) is 78.9 Å². The van der Waals surface area contributed by atoms with Crippen molar-refractivity contribution in [2.24, 2.45) is 11.3 Å². The van der Waals surface area contributed by atoms with Gasteiger partial charge in [0.15, 0.2) is 5.69 Å². The van der Waals surface area contributed by atoms with Crippen LogP contribution in [-0.2, 0) is 22.7 Å². The van der Waals surface area contributed by atoms with Gasteiger partial charge in [-0.3, -0.25) is 14.4 Å². The van der Waals surface area contributed by atoms with E-state index in [-0.39, 0.29) is 29.6 Å². The summed E-state index contributed by atoms with van der Waals surface area (Å²) in [5, 5.41) is 5.63. The van der Waals surface area contributed by atoms with E-state index < -0.39 is 11.5 Å². The van der Waals surface area contributed by atoms with Crippen LogP contribution in [0.25, 0.3) is 0 Å². The highest BCUT2D eigenvalue weighted by molar-refractivity contribution is 5.97. The quantitative estimate of drug-likeness (QED) is 0.680. The van der Waals surface area contributed by atoms with Gasteiger partial charge in [-0.25, -0.2) is 4.98 Å². The topological polar surface area (TPSA) is 99.6 Å². The van der Waals surface area contributed by atoms with Crippen molar-refractivity contribution in [1.29, 1.82) is 0 Å². The maximum absolute atomic E-state index is 13.5. The highest BCUT2D eigenvalue weighted by Crippen LogP contribution is 2.31. The summed E-state index contributed by atoms with van der Waals surface area (Å²) >= 11 is 0. The number of likely N-dealkylation sites (N-methyl/N-ethyl adjacent to an activating group) is 1. The van der Waals surface area contributed by atoms with E-state index in [2.05, 4.69) is 27.1 Å². The van der Waals surface area contributed by atoms with Gasteiger partial charge in [0.25, 0.3) is 5.91 Å². The number of piperidine rings is 1. The van der Waals surface area contributed by atoms with Crippen molar-refractivity contribution in [1.82, 2.24) is 30.0 Å². The van der Waals surface area contributed by atoms with E-state index in [1.54, 1.807) is 7.05 Å². The van der Waals surface area contributed by atoms with Gasteiger partial charge in [-0.15, -0.1) is 0 Å². The van der Waals surface area contributed by atoms with Crippen LogP contribution in [0, 0.1) is 11.3 Å². The van der Waals surface area contributed by atoms with Crippen LogP contribution in [-0.4, -0.2) is 76.8 Å². The lowest BCUT2D eigenvalue weighted by molar-refractivity contribution is -0.135. The normalized spacial score (nSPS) is 18.9. The summed E-state index contributed by atoms with van der Waals surface area (Å²) in [7, 11) is 3.64. The van der Waals surface area contributed by atoms with Crippen LogP contribution in [0.1, 0.15) is 81.8 Å². The summed E-state index contributed by atoms with van der Waals surface area (Å²) < 4.78 is 2.23. The van der Waals surface area contributed by atoms with Gasteiger partial charge in [-0.05, 0) is 38.3 Å². The lowest BCUT2D eigenvalue weighted by atomic mass is 9.86. The zero-order valence-electron chi connectivity index (χ0n) is 21.9. The minimum atomic E-state index is -0.667. The average molecular weight is 475 g/mol. The number of carbonyl (C=O) groups excluding carboxylic acids is 3. The fourth-order valence-electron chi connectivity index (χ4n) is 4.98. The van der Waals surface area contributed by atoms with Crippen LogP contribution in [0.5, 0.6) is 0 Å². The summed E-state index contributed by atoms with van der Waals surface area (Å²) in [6.45, 7) is 13.5. The standard InChI is InChI=1S/C25H42N6O3/c1-16(2)24(34)30-13-9-17(10-14-30)21-27-19(18-15-29(7)11-8-12-31(18)21)22(32)28-20(23(33)26-6)25(3,4)5/h16-17,20H,8-15H2,1-7H3,(H,26,33)(H,28,32)/t20-/m1/s1. The van der Waals surface area contributed by atoms with E-state index >= 15 is 0 Å². The van der Waals surface area contributed by atoms with Crippen LogP contribution in [0.3, 0.4) is 0 Å². The van der Waals surface area contributed by atoms with E-state index in [1.807, 2.05) is 39.5 Å². The molecule has 2 N–H and O–H groups in total. The third kappa shape index (κ3) is 5.62. The summed E-state index contributed by atoms with van der Waals surface area (Å²) in [6.07, 6.45) is 2.67. The molecule has 3 amide bonds. The van der Waals surface area contributed by atoms with Gasteiger partial charge in [0.05, 0.1) is 5.69 Å². The molecule has 0 aromatic carbocycles. The maximum Gasteiger partial charge on any atom is 0.272 e. The molecule has 0 radical (unpaired) electrons. The molecule has 34 heavy (non-hydrogen) atoms. The summed E-state index contributed by atoms with van der Waals surface area (Å²) in [5.74, 6) is 0.828. The van der Waals surface area contributed by atoms with Gasteiger partial charge >= 0.3 is 0 Å². The number of carbonyl (C=O) groups is 3. The van der Waals surface area contributed by atoms with Gasteiger partial charge in [-0.1, -0.05) is 34.6 Å². The Morgan fingerprint density at radius 2 is 1.71 bits per heavy atom. The zero-order valence-corrected chi connectivity index (χ0v) is 21.9. The number of hydrogen-bond acceptors (Lipinski definition) is 5. The Hall–Kier alpha value is -2.42. The van der Waals surface area contributed by atoms with Crippen LogP contribution in [0.2, 0.25) is 0 Å². The molecular weight excluding hydrogens is 432 g/mol. The van der Waals surface area contributed by atoms with Crippen molar-refractivity contribution in [2.75, 3.05) is 33.7 Å². The molecular formula is C25H42N6O3. The Balaban J connectivity index is 1.90. The Bertz CT molecular complexity index is 908. The summed E-state index contributed by atoms with van der Waals surface area (Å²) in [4.78, 5) is 47.5. The third-order valence-corrected chi connectivity index (χ3v) is 6.97. The number of hydrogen-bond donors (Lipinski definition) is 2. The molecule has 2 aliphatic rings. The predicted molar refractivity (Wildman–Crippen MR) is 131 cm³/mol. The molecule has 1 saturated heterocycles. The average Bonchev–Trinajstić information content (AvgIpc) is 3.01. The summed E-state index contributed by atoms with van der Waals surface area (Å²) in [6, 6.07) is -0.667.